The lowest BCUT2D eigenvalue weighted by Gasteiger charge is -2.45. The zero-order chi connectivity index (χ0) is 25.2. The van der Waals surface area contributed by atoms with Gasteiger partial charge in [0.05, 0.1) is 5.56 Å². The van der Waals surface area contributed by atoms with Crippen molar-refractivity contribution in [2.45, 2.75) is 53.0 Å². The molecule has 2 atom stereocenters. The molecule has 3 rings (SSSR count). The number of likely N-dealkylation sites (tertiary alicyclic amines) is 1. The Balaban J connectivity index is 1.76. The van der Waals surface area contributed by atoms with E-state index >= 15 is 0 Å². The highest BCUT2D eigenvalue weighted by Gasteiger charge is 2.40. The molecule has 2 aromatic carbocycles. The second kappa shape index (κ2) is 10.2. The molecule has 1 heterocycles. The molecule has 182 valence electrons. The summed E-state index contributed by atoms with van der Waals surface area (Å²) in [6.07, 6.45) is 0.818. The zero-order valence-electron chi connectivity index (χ0n) is 20.4. The van der Waals surface area contributed by atoms with Crippen molar-refractivity contribution in [3.05, 3.63) is 69.7 Å². The normalized spacial score (nSPS) is 18.4. The summed E-state index contributed by atoms with van der Waals surface area (Å²) < 4.78 is 0. The van der Waals surface area contributed by atoms with E-state index in [1.807, 2.05) is 30.9 Å². The van der Waals surface area contributed by atoms with Crippen LogP contribution in [0.25, 0.3) is 0 Å². The number of aryl methyl sites for hydroxylation is 1. The maximum atomic E-state index is 13.5. The average Bonchev–Trinajstić information content (AvgIpc) is 2.76. The molecule has 2 N–H and O–H groups in total. The average molecular weight is 485 g/mol. The molecule has 34 heavy (non-hydrogen) atoms. The molecule has 1 saturated heterocycles. The molecule has 0 spiro atoms. The van der Waals surface area contributed by atoms with E-state index in [1.165, 1.54) is 17.7 Å². The van der Waals surface area contributed by atoms with Crippen molar-refractivity contribution in [1.29, 1.82) is 0 Å². The molecule has 0 saturated carbocycles. The molecule has 1 aliphatic rings. The lowest BCUT2D eigenvalue weighted by atomic mass is 9.70. The van der Waals surface area contributed by atoms with Gasteiger partial charge >= 0.3 is 5.97 Å². The van der Waals surface area contributed by atoms with Gasteiger partial charge in [-0.05, 0) is 72.1 Å². The van der Waals surface area contributed by atoms with Crippen LogP contribution in [-0.2, 0) is 4.79 Å². The van der Waals surface area contributed by atoms with Crippen molar-refractivity contribution in [2.24, 2.45) is 11.3 Å². The van der Waals surface area contributed by atoms with E-state index < -0.39 is 17.9 Å². The van der Waals surface area contributed by atoms with Crippen LogP contribution in [-0.4, -0.2) is 46.9 Å². The quantitative estimate of drug-likeness (QED) is 0.594. The molecular weight excluding hydrogens is 452 g/mol. The fraction of sp³-hybridized carbons (Fsp3) is 0.444. The van der Waals surface area contributed by atoms with Gasteiger partial charge in [0.15, 0.2) is 0 Å². The summed E-state index contributed by atoms with van der Waals surface area (Å²) in [5.74, 6) is -1.49. The third-order valence-corrected chi connectivity index (χ3v) is 6.87. The van der Waals surface area contributed by atoms with Crippen LogP contribution in [0.1, 0.15) is 71.9 Å². The Morgan fingerprint density at radius 2 is 1.71 bits per heavy atom. The van der Waals surface area contributed by atoms with Gasteiger partial charge in [0, 0.05) is 23.7 Å². The van der Waals surface area contributed by atoms with E-state index in [9.17, 15) is 19.5 Å². The number of nitrogens with one attached hydrogen (secondary N) is 1. The number of carbonyl (C=O) groups is 3. The smallest absolute Gasteiger partial charge is 0.335 e. The van der Waals surface area contributed by atoms with E-state index in [1.54, 1.807) is 13.0 Å². The van der Waals surface area contributed by atoms with Crippen molar-refractivity contribution in [2.75, 3.05) is 13.1 Å². The molecule has 0 aliphatic carbocycles. The second-order valence-corrected chi connectivity index (χ2v) is 10.7. The van der Waals surface area contributed by atoms with Gasteiger partial charge in [-0.3, -0.25) is 9.59 Å². The largest absolute Gasteiger partial charge is 0.478 e. The molecule has 1 aliphatic heterocycles. The third-order valence-electron chi connectivity index (χ3n) is 6.62. The van der Waals surface area contributed by atoms with Crippen LogP contribution in [0.15, 0.2) is 42.5 Å². The first-order valence-electron chi connectivity index (χ1n) is 11.6. The van der Waals surface area contributed by atoms with Gasteiger partial charge in [0.2, 0.25) is 5.91 Å². The molecular formula is C27H33ClN2O4. The second-order valence-electron chi connectivity index (χ2n) is 10.2. The van der Waals surface area contributed by atoms with E-state index in [-0.39, 0.29) is 28.4 Å². The van der Waals surface area contributed by atoms with Crippen molar-refractivity contribution < 1.29 is 19.5 Å². The first-order valence-corrected chi connectivity index (χ1v) is 12.0. The number of amides is 2. The highest BCUT2D eigenvalue weighted by atomic mass is 35.5. The summed E-state index contributed by atoms with van der Waals surface area (Å²) >= 11 is 6.05. The fourth-order valence-electron chi connectivity index (χ4n) is 4.83. The van der Waals surface area contributed by atoms with Gasteiger partial charge in [-0.2, -0.15) is 0 Å². The third kappa shape index (κ3) is 5.79. The molecule has 6 nitrogen and oxygen atoms in total. The Hall–Kier alpha value is -2.86. The number of hydrogen-bond donors (Lipinski definition) is 2. The number of halogens is 1. The number of hydrogen-bond acceptors (Lipinski definition) is 3. The van der Waals surface area contributed by atoms with Gasteiger partial charge in [-0.1, -0.05) is 51.4 Å². The predicted molar refractivity (Wildman–Crippen MR) is 133 cm³/mol. The summed E-state index contributed by atoms with van der Waals surface area (Å²) in [7, 11) is 0. The van der Waals surface area contributed by atoms with E-state index in [2.05, 4.69) is 31.3 Å². The maximum absolute atomic E-state index is 13.5. The van der Waals surface area contributed by atoms with Crippen LogP contribution in [0, 0.1) is 18.3 Å². The number of carbonyl (C=O) groups excluding carboxylic acids is 2. The SMILES string of the molecule is Cc1cc(C(=O)O)cc(C(=O)N[C@@H](C(=O)N2CCC(c3ccc(Cl)cc3)C(C)(C)C2)C(C)C)c1. The van der Waals surface area contributed by atoms with Crippen LogP contribution in [0.4, 0.5) is 0 Å². The number of carboxylic acids is 1. The minimum atomic E-state index is -1.10. The standard InChI is InChI=1S/C27H33ClN2O4/c1-16(2)23(29-24(31)19-12-17(3)13-20(14-19)26(33)34)25(32)30-11-10-22(27(4,5)15-30)18-6-8-21(28)9-7-18/h6-9,12-14,16,22-23H,10-11,15H2,1-5H3,(H,29,31)(H,33,34)/t22?,23-/m1/s1. The summed E-state index contributed by atoms with van der Waals surface area (Å²) in [5.41, 5.74) is 2.01. The molecule has 0 radical (unpaired) electrons. The predicted octanol–water partition coefficient (Wildman–Crippen LogP) is 5.14. The van der Waals surface area contributed by atoms with Crippen LogP contribution in [0.5, 0.6) is 0 Å². The van der Waals surface area contributed by atoms with Gasteiger partial charge in [-0.15, -0.1) is 0 Å². The highest BCUT2D eigenvalue weighted by Crippen LogP contribution is 2.42. The molecule has 7 heteroatoms. The highest BCUT2D eigenvalue weighted by molar-refractivity contribution is 6.30. The number of piperidine rings is 1. The number of rotatable bonds is 6. The molecule has 1 fully saturated rings. The van der Waals surface area contributed by atoms with Crippen LogP contribution in [0.2, 0.25) is 5.02 Å². The Morgan fingerprint density at radius 3 is 2.26 bits per heavy atom. The van der Waals surface area contributed by atoms with Crippen LogP contribution >= 0.6 is 11.6 Å². The van der Waals surface area contributed by atoms with Crippen LogP contribution < -0.4 is 5.32 Å². The summed E-state index contributed by atoms with van der Waals surface area (Å²) in [4.78, 5) is 39.7. The number of aromatic carboxylic acids is 1. The van der Waals surface area contributed by atoms with Crippen molar-refractivity contribution in [3.8, 4) is 0 Å². The molecule has 2 aromatic rings. The molecule has 0 bridgehead atoms. The number of nitrogens with zero attached hydrogens (tertiary/aromatic N) is 1. The zero-order valence-corrected chi connectivity index (χ0v) is 21.1. The summed E-state index contributed by atoms with van der Waals surface area (Å²) in [6.45, 7) is 11.0. The van der Waals surface area contributed by atoms with Gasteiger partial charge < -0.3 is 15.3 Å². The fourth-order valence-corrected chi connectivity index (χ4v) is 4.96. The van der Waals surface area contributed by atoms with Crippen molar-refractivity contribution in [1.82, 2.24) is 10.2 Å². The summed E-state index contributed by atoms with van der Waals surface area (Å²) in [5, 5.41) is 12.9. The van der Waals surface area contributed by atoms with E-state index in [4.69, 9.17) is 11.6 Å². The minimum Gasteiger partial charge on any atom is -0.478 e. The summed E-state index contributed by atoms with van der Waals surface area (Å²) in [6, 6.07) is 11.7. The van der Waals surface area contributed by atoms with Crippen molar-refractivity contribution in [3.63, 3.8) is 0 Å². The Bertz CT molecular complexity index is 1080. The molecule has 1 unspecified atom stereocenters. The van der Waals surface area contributed by atoms with Gasteiger partial charge in [-0.25, -0.2) is 4.79 Å². The number of benzene rings is 2. The van der Waals surface area contributed by atoms with E-state index in [0.29, 0.717) is 29.6 Å². The minimum absolute atomic E-state index is 0.0450. The van der Waals surface area contributed by atoms with Gasteiger partial charge in [0.1, 0.15) is 6.04 Å². The number of carboxylic acid groups (broad SMARTS) is 1. The molecule has 2 amide bonds. The first-order chi connectivity index (χ1) is 15.9. The maximum Gasteiger partial charge on any atom is 0.335 e. The first kappa shape index (κ1) is 25.8. The Morgan fingerprint density at radius 1 is 1.09 bits per heavy atom. The monoisotopic (exact) mass is 484 g/mol. The van der Waals surface area contributed by atoms with Crippen molar-refractivity contribution >= 4 is 29.4 Å². The van der Waals surface area contributed by atoms with Crippen LogP contribution in [0.3, 0.4) is 0 Å². The topological polar surface area (TPSA) is 86.7 Å². The molecule has 0 aromatic heterocycles. The lowest BCUT2D eigenvalue weighted by molar-refractivity contribution is -0.137. The van der Waals surface area contributed by atoms with E-state index in [0.717, 1.165) is 6.42 Å². The Labute approximate surface area is 206 Å². The lowest BCUT2D eigenvalue weighted by Crippen LogP contribution is -2.55. The van der Waals surface area contributed by atoms with Gasteiger partial charge in [0.25, 0.3) is 5.91 Å². The Kier molecular flexibility index (Phi) is 7.71.